The molecule has 3 aromatic rings. The summed E-state index contributed by atoms with van der Waals surface area (Å²) in [5.74, 6) is 0.0185. The Kier molecular flexibility index (Phi) is 5.98. The van der Waals surface area contributed by atoms with E-state index >= 15 is 0 Å². The zero-order valence-corrected chi connectivity index (χ0v) is 17.5. The van der Waals surface area contributed by atoms with Crippen LogP contribution in [0.4, 0.5) is 10.3 Å². The minimum Gasteiger partial charge on any atom is -0.489 e. The van der Waals surface area contributed by atoms with Crippen molar-refractivity contribution < 1.29 is 23.6 Å². The van der Waals surface area contributed by atoms with E-state index in [2.05, 4.69) is 31.2 Å². The summed E-state index contributed by atoms with van der Waals surface area (Å²) < 4.78 is 26.9. The van der Waals surface area contributed by atoms with Gasteiger partial charge in [-0.2, -0.15) is 10.1 Å². The van der Waals surface area contributed by atoms with E-state index < -0.39 is 5.97 Å². The van der Waals surface area contributed by atoms with Gasteiger partial charge in [-0.15, -0.1) is 0 Å². The number of ether oxygens (including phenoxy) is 1. The third kappa shape index (κ3) is 4.78. The van der Waals surface area contributed by atoms with E-state index in [9.17, 15) is 9.18 Å². The normalized spacial score (nSPS) is 14.8. The van der Waals surface area contributed by atoms with Gasteiger partial charge in [0.05, 0.1) is 17.4 Å². The topological polar surface area (TPSA) is 107 Å². The molecule has 0 saturated carbocycles. The number of halogens is 2. The number of aromatic nitrogens is 4. The lowest BCUT2D eigenvalue weighted by atomic mass is 10.1. The second-order valence-corrected chi connectivity index (χ2v) is 7.74. The molecule has 0 bridgehead atoms. The summed E-state index contributed by atoms with van der Waals surface area (Å²) in [4.78, 5) is 17.1. The predicted octanol–water partition coefficient (Wildman–Crippen LogP) is 3.36. The molecule has 2 aromatic heterocycles. The molecule has 0 unspecified atom stereocenters. The second kappa shape index (κ2) is 8.82. The Morgan fingerprint density at radius 1 is 1.33 bits per heavy atom. The highest BCUT2D eigenvalue weighted by Gasteiger charge is 2.25. The van der Waals surface area contributed by atoms with Crippen LogP contribution in [0.3, 0.4) is 0 Å². The molecule has 1 aliphatic rings. The highest BCUT2D eigenvalue weighted by molar-refractivity contribution is 9.10. The summed E-state index contributed by atoms with van der Waals surface area (Å²) in [5, 5.41) is 17.1. The second-order valence-electron chi connectivity index (χ2n) is 6.89. The molecular weight excluding hydrogens is 461 g/mol. The third-order valence-electron chi connectivity index (χ3n) is 4.74. The monoisotopic (exact) mass is 479 g/mol. The predicted molar refractivity (Wildman–Crippen MR) is 108 cm³/mol. The lowest BCUT2D eigenvalue weighted by molar-refractivity contribution is -0.137. The Hall–Kier alpha value is -2.95. The van der Waals surface area contributed by atoms with Gasteiger partial charge in [0.1, 0.15) is 17.7 Å². The Morgan fingerprint density at radius 2 is 2.13 bits per heavy atom. The molecule has 3 heterocycles. The van der Waals surface area contributed by atoms with E-state index in [0.29, 0.717) is 30.5 Å². The highest BCUT2D eigenvalue weighted by Crippen LogP contribution is 2.29. The fourth-order valence-corrected chi connectivity index (χ4v) is 3.52. The van der Waals surface area contributed by atoms with Gasteiger partial charge in [-0.1, -0.05) is 0 Å². The van der Waals surface area contributed by atoms with Crippen LogP contribution in [0.5, 0.6) is 5.75 Å². The maximum absolute atomic E-state index is 13.4. The van der Waals surface area contributed by atoms with Crippen molar-refractivity contribution in [1.29, 1.82) is 0 Å². The Labute approximate surface area is 179 Å². The first-order valence-corrected chi connectivity index (χ1v) is 10.2. The van der Waals surface area contributed by atoms with Crippen molar-refractivity contribution in [2.24, 2.45) is 0 Å². The van der Waals surface area contributed by atoms with Crippen LogP contribution in [0, 0.1) is 5.82 Å². The molecule has 1 N–H and O–H groups in total. The van der Waals surface area contributed by atoms with E-state index in [1.165, 1.54) is 16.8 Å². The number of nitrogens with zero attached hydrogens (tertiary/aromatic N) is 5. The molecule has 0 spiro atoms. The van der Waals surface area contributed by atoms with E-state index in [-0.39, 0.29) is 30.8 Å². The third-order valence-corrected chi connectivity index (χ3v) is 5.40. The van der Waals surface area contributed by atoms with Gasteiger partial charge in [0, 0.05) is 38.2 Å². The first kappa shape index (κ1) is 20.3. The lowest BCUT2D eigenvalue weighted by Crippen LogP contribution is -2.38. The maximum atomic E-state index is 13.4. The number of hydrogen-bond acceptors (Lipinski definition) is 7. The van der Waals surface area contributed by atoms with Crippen molar-refractivity contribution in [3.05, 3.63) is 40.8 Å². The van der Waals surface area contributed by atoms with Crippen molar-refractivity contribution in [2.75, 3.05) is 18.0 Å². The number of anilines is 1. The minimum atomic E-state index is -0.885. The number of aliphatic carboxylic acids is 1. The highest BCUT2D eigenvalue weighted by atomic mass is 79.9. The van der Waals surface area contributed by atoms with Crippen LogP contribution in [-0.2, 0) is 11.3 Å². The number of aryl methyl sites for hydroxylation is 1. The molecule has 1 aliphatic heterocycles. The van der Waals surface area contributed by atoms with Crippen molar-refractivity contribution in [1.82, 2.24) is 19.9 Å². The zero-order chi connectivity index (χ0) is 21.1. The van der Waals surface area contributed by atoms with Crippen molar-refractivity contribution in [2.45, 2.75) is 31.9 Å². The molecule has 1 aromatic carbocycles. The minimum absolute atomic E-state index is 0.0145. The maximum Gasteiger partial charge on any atom is 0.305 e. The molecule has 9 nitrogen and oxygen atoms in total. The van der Waals surface area contributed by atoms with Gasteiger partial charge in [0.2, 0.25) is 0 Å². The van der Waals surface area contributed by atoms with Gasteiger partial charge in [-0.05, 0) is 39.3 Å². The first-order valence-electron chi connectivity index (χ1n) is 9.44. The molecule has 0 amide bonds. The smallest absolute Gasteiger partial charge is 0.305 e. The Bertz CT molecular complexity index is 1030. The summed E-state index contributed by atoms with van der Waals surface area (Å²) >= 11 is 3.38. The number of carboxylic acid groups (broad SMARTS) is 1. The average Bonchev–Trinajstić information content (AvgIpc) is 3.39. The van der Waals surface area contributed by atoms with Crippen LogP contribution in [-0.4, -0.2) is 50.2 Å². The summed E-state index contributed by atoms with van der Waals surface area (Å²) in [5.41, 5.74) is 0.494. The molecular formula is C19H19BrFN5O4. The fourth-order valence-electron chi connectivity index (χ4n) is 3.18. The van der Waals surface area contributed by atoms with E-state index in [4.69, 9.17) is 14.4 Å². The fraction of sp³-hybridized carbons (Fsp3) is 0.368. The SMILES string of the molecule is O=C(O)CCn1ccc(-c2nc(N3CCC(Oc4cc(F)ccc4Br)CC3)no2)n1. The molecule has 30 heavy (non-hydrogen) atoms. The van der Waals surface area contributed by atoms with Crippen LogP contribution in [0.2, 0.25) is 0 Å². The van der Waals surface area contributed by atoms with E-state index in [0.717, 1.165) is 17.3 Å². The van der Waals surface area contributed by atoms with Crippen molar-refractivity contribution in [3.8, 4) is 17.3 Å². The standard InChI is InChI=1S/C19H19BrFN5O4/c20-14-2-1-12(21)11-16(14)29-13-3-7-25(8-4-13)19-22-18(30-24-19)15-5-9-26(23-15)10-6-17(27)28/h1-2,5,9,11,13H,3-4,6-8,10H2,(H,27,28). The Morgan fingerprint density at radius 3 is 2.90 bits per heavy atom. The van der Waals surface area contributed by atoms with Crippen LogP contribution in [0.15, 0.2) is 39.5 Å². The quantitative estimate of drug-likeness (QED) is 0.549. The van der Waals surface area contributed by atoms with Gasteiger partial charge in [-0.25, -0.2) is 4.39 Å². The largest absolute Gasteiger partial charge is 0.489 e. The zero-order valence-electron chi connectivity index (χ0n) is 15.9. The van der Waals surface area contributed by atoms with Gasteiger partial charge >= 0.3 is 5.97 Å². The summed E-state index contributed by atoms with van der Waals surface area (Å²) in [6.07, 6.45) is 3.10. The number of piperidine rings is 1. The number of hydrogen-bond donors (Lipinski definition) is 1. The first-order chi connectivity index (χ1) is 14.5. The van der Waals surface area contributed by atoms with Crippen LogP contribution < -0.4 is 9.64 Å². The molecule has 4 rings (SSSR count). The molecule has 0 atom stereocenters. The number of carbonyl (C=O) groups is 1. The molecule has 1 fully saturated rings. The van der Waals surface area contributed by atoms with Gasteiger partial charge in [0.15, 0.2) is 5.69 Å². The molecule has 158 valence electrons. The summed E-state index contributed by atoms with van der Waals surface area (Å²) in [6, 6.07) is 6.08. The summed E-state index contributed by atoms with van der Waals surface area (Å²) in [6.45, 7) is 1.61. The van der Waals surface area contributed by atoms with Crippen LogP contribution in [0.25, 0.3) is 11.6 Å². The van der Waals surface area contributed by atoms with Crippen LogP contribution >= 0.6 is 15.9 Å². The van der Waals surface area contributed by atoms with Gasteiger partial charge in [0.25, 0.3) is 11.8 Å². The van der Waals surface area contributed by atoms with Crippen molar-refractivity contribution in [3.63, 3.8) is 0 Å². The Balaban J connectivity index is 1.34. The molecule has 0 aliphatic carbocycles. The molecule has 11 heteroatoms. The van der Waals surface area contributed by atoms with E-state index in [1.807, 2.05) is 4.90 Å². The van der Waals surface area contributed by atoms with Gasteiger partial charge < -0.3 is 19.3 Å². The van der Waals surface area contributed by atoms with Gasteiger partial charge in [-0.3, -0.25) is 9.48 Å². The molecule has 0 radical (unpaired) electrons. The van der Waals surface area contributed by atoms with Crippen molar-refractivity contribution >= 4 is 27.8 Å². The summed E-state index contributed by atoms with van der Waals surface area (Å²) in [7, 11) is 0. The number of benzene rings is 1. The van der Waals surface area contributed by atoms with Crippen LogP contribution in [0.1, 0.15) is 19.3 Å². The molecule has 1 saturated heterocycles. The lowest BCUT2D eigenvalue weighted by Gasteiger charge is -2.31. The number of rotatable bonds is 7. The van der Waals surface area contributed by atoms with E-state index in [1.54, 1.807) is 18.3 Å². The number of carboxylic acids is 1. The average molecular weight is 480 g/mol.